The monoisotopic (exact) mass is 368 g/mol. The molecule has 5 nitrogen and oxygen atoms in total. The quantitative estimate of drug-likeness (QED) is 0.783. The van der Waals surface area contributed by atoms with Gasteiger partial charge in [0.25, 0.3) is 0 Å². The Morgan fingerprint density at radius 3 is 2.32 bits per heavy atom. The van der Waals surface area contributed by atoms with E-state index in [-0.39, 0.29) is 24.3 Å². The van der Waals surface area contributed by atoms with E-state index in [0.29, 0.717) is 18.8 Å². The topological polar surface area (TPSA) is 81.4 Å². The number of esters is 1. The number of halogens is 1. The van der Waals surface area contributed by atoms with E-state index in [1.54, 1.807) is 6.92 Å². The number of nitrogens with one attached hydrogen (secondary N) is 1. The maximum atomic E-state index is 12.7. The summed E-state index contributed by atoms with van der Waals surface area (Å²) < 4.78 is 4.97. The summed E-state index contributed by atoms with van der Waals surface area (Å²) >= 11 is 0. The standard InChI is InChI=1S/C19H28N2O3.ClH/c1-13-9-11-19(12-10-13,18(23)24-3)21-17(22)14(2)16(20)15-7-5-4-6-8-15;/h4-8,13-14,16H,9-12,20H2,1-3H3,(H,21,22);1H. The predicted molar refractivity (Wildman–Crippen MR) is 100 cm³/mol. The fraction of sp³-hybridized carbons (Fsp3) is 0.579. The Balaban J connectivity index is 0.00000312. The summed E-state index contributed by atoms with van der Waals surface area (Å²) in [6, 6.07) is 9.12. The van der Waals surface area contributed by atoms with Crippen molar-refractivity contribution in [2.45, 2.75) is 51.1 Å². The minimum absolute atomic E-state index is 0. The van der Waals surface area contributed by atoms with Gasteiger partial charge in [-0.15, -0.1) is 12.4 Å². The zero-order valence-electron chi connectivity index (χ0n) is 15.2. The molecule has 2 rings (SSSR count). The molecule has 0 heterocycles. The van der Waals surface area contributed by atoms with E-state index in [4.69, 9.17) is 10.5 Å². The first kappa shape index (κ1) is 21.5. The first-order valence-electron chi connectivity index (χ1n) is 8.60. The van der Waals surface area contributed by atoms with Crippen LogP contribution in [0, 0.1) is 11.8 Å². The second-order valence-electron chi connectivity index (χ2n) is 6.97. The first-order chi connectivity index (χ1) is 11.4. The molecule has 2 atom stereocenters. The Bertz CT molecular complexity index is 571. The fourth-order valence-electron chi connectivity index (χ4n) is 3.31. The average Bonchev–Trinajstić information content (AvgIpc) is 2.62. The number of nitrogens with two attached hydrogens (primary N) is 1. The van der Waals surface area contributed by atoms with Gasteiger partial charge in [-0.1, -0.05) is 44.2 Å². The van der Waals surface area contributed by atoms with Gasteiger partial charge in [0.2, 0.25) is 5.91 Å². The molecule has 1 aromatic carbocycles. The lowest BCUT2D eigenvalue weighted by atomic mass is 9.76. The van der Waals surface area contributed by atoms with Crippen molar-refractivity contribution < 1.29 is 14.3 Å². The van der Waals surface area contributed by atoms with Crippen LogP contribution >= 0.6 is 12.4 Å². The number of ether oxygens (including phenoxy) is 1. The van der Waals surface area contributed by atoms with E-state index < -0.39 is 17.5 Å². The molecule has 0 radical (unpaired) electrons. The highest BCUT2D eigenvalue weighted by molar-refractivity contribution is 5.89. The fourth-order valence-corrected chi connectivity index (χ4v) is 3.31. The maximum Gasteiger partial charge on any atom is 0.331 e. The van der Waals surface area contributed by atoms with Gasteiger partial charge in [0.1, 0.15) is 5.54 Å². The number of hydrogen-bond acceptors (Lipinski definition) is 4. The molecule has 1 aromatic rings. The number of methoxy groups -OCH3 is 1. The minimum Gasteiger partial charge on any atom is -0.467 e. The van der Waals surface area contributed by atoms with Crippen LogP contribution in [0.15, 0.2) is 30.3 Å². The van der Waals surface area contributed by atoms with Crippen molar-refractivity contribution in [3.05, 3.63) is 35.9 Å². The molecule has 140 valence electrons. The molecule has 1 aliphatic carbocycles. The Hall–Kier alpha value is -1.59. The number of hydrogen-bond donors (Lipinski definition) is 2. The molecule has 2 unspecified atom stereocenters. The molecule has 6 heteroatoms. The first-order valence-corrected chi connectivity index (χ1v) is 8.60. The van der Waals surface area contributed by atoms with Gasteiger partial charge >= 0.3 is 5.97 Å². The van der Waals surface area contributed by atoms with Crippen molar-refractivity contribution in [2.24, 2.45) is 17.6 Å². The third-order valence-corrected chi connectivity index (χ3v) is 5.20. The summed E-state index contributed by atoms with van der Waals surface area (Å²) in [5.74, 6) is -0.438. The summed E-state index contributed by atoms with van der Waals surface area (Å²) in [5, 5.41) is 2.96. The van der Waals surface area contributed by atoms with E-state index in [0.717, 1.165) is 18.4 Å². The van der Waals surface area contributed by atoms with Crippen LogP contribution in [0.2, 0.25) is 0 Å². The highest BCUT2D eigenvalue weighted by Crippen LogP contribution is 2.33. The molecular formula is C19H29ClN2O3. The summed E-state index contributed by atoms with van der Waals surface area (Å²) in [5.41, 5.74) is 6.23. The molecule has 1 amide bonds. The van der Waals surface area contributed by atoms with Gasteiger partial charge in [0.05, 0.1) is 13.0 Å². The summed E-state index contributed by atoms with van der Waals surface area (Å²) in [7, 11) is 1.37. The second kappa shape index (κ2) is 9.20. The Morgan fingerprint density at radius 2 is 1.80 bits per heavy atom. The smallest absolute Gasteiger partial charge is 0.331 e. The van der Waals surface area contributed by atoms with E-state index in [2.05, 4.69) is 12.2 Å². The summed E-state index contributed by atoms with van der Waals surface area (Å²) in [6.45, 7) is 3.96. The van der Waals surface area contributed by atoms with Gasteiger partial charge in [0.15, 0.2) is 0 Å². The molecule has 0 saturated heterocycles. The lowest BCUT2D eigenvalue weighted by Gasteiger charge is -2.38. The van der Waals surface area contributed by atoms with E-state index in [1.165, 1.54) is 7.11 Å². The van der Waals surface area contributed by atoms with Crippen molar-refractivity contribution in [3.63, 3.8) is 0 Å². The van der Waals surface area contributed by atoms with Crippen LogP contribution in [0.1, 0.15) is 51.1 Å². The molecule has 3 N–H and O–H groups in total. The lowest BCUT2D eigenvalue weighted by Crippen LogP contribution is -2.58. The van der Waals surface area contributed by atoms with E-state index >= 15 is 0 Å². The number of carbonyl (C=O) groups is 2. The molecule has 0 aromatic heterocycles. The third kappa shape index (κ3) is 4.95. The van der Waals surface area contributed by atoms with Crippen LogP contribution < -0.4 is 11.1 Å². The van der Waals surface area contributed by atoms with Crippen LogP contribution in [0.3, 0.4) is 0 Å². The number of rotatable bonds is 5. The van der Waals surface area contributed by atoms with Gasteiger partial charge in [-0.2, -0.15) is 0 Å². The molecule has 1 saturated carbocycles. The number of benzene rings is 1. The molecule has 0 spiro atoms. The zero-order valence-corrected chi connectivity index (χ0v) is 16.0. The molecule has 0 bridgehead atoms. The normalized spacial score (nSPS) is 25.2. The van der Waals surface area contributed by atoms with Crippen LogP contribution in [-0.2, 0) is 14.3 Å². The van der Waals surface area contributed by atoms with Gasteiger partial charge in [0, 0.05) is 6.04 Å². The molecule has 1 fully saturated rings. The van der Waals surface area contributed by atoms with Gasteiger partial charge < -0.3 is 15.8 Å². The zero-order chi connectivity index (χ0) is 17.7. The van der Waals surface area contributed by atoms with Gasteiger partial charge in [-0.05, 0) is 37.2 Å². The van der Waals surface area contributed by atoms with Gasteiger partial charge in [-0.25, -0.2) is 4.79 Å². The lowest BCUT2D eigenvalue weighted by molar-refractivity contribution is -0.153. The highest BCUT2D eigenvalue weighted by Gasteiger charge is 2.44. The molecule has 25 heavy (non-hydrogen) atoms. The van der Waals surface area contributed by atoms with Crippen molar-refractivity contribution >= 4 is 24.3 Å². The maximum absolute atomic E-state index is 12.7. The largest absolute Gasteiger partial charge is 0.467 e. The Labute approximate surface area is 156 Å². The number of amides is 1. The summed E-state index contributed by atoms with van der Waals surface area (Å²) in [6.07, 6.45) is 3.02. The van der Waals surface area contributed by atoms with Crippen molar-refractivity contribution in [3.8, 4) is 0 Å². The molecule has 0 aliphatic heterocycles. The van der Waals surface area contributed by atoms with Gasteiger partial charge in [-0.3, -0.25) is 4.79 Å². The van der Waals surface area contributed by atoms with Crippen LogP contribution in [0.4, 0.5) is 0 Å². The third-order valence-electron chi connectivity index (χ3n) is 5.20. The molecular weight excluding hydrogens is 340 g/mol. The van der Waals surface area contributed by atoms with Crippen molar-refractivity contribution in [1.29, 1.82) is 0 Å². The van der Waals surface area contributed by atoms with Crippen molar-refractivity contribution in [1.82, 2.24) is 5.32 Å². The predicted octanol–water partition coefficient (Wildman–Crippen LogP) is 2.98. The highest BCUT2D eigenvalue weighted by atomic mass is 35.5. The minimum atomic E-state index is -0.914. The SMILES string of the molecule is COC(=O)C1(NC(=O)C(C)C(N)c2ccccc2)CCC(C)CC1.Cl. The second-order valence-corrected chi connectivity index (χ2v) is 6.97. The van der Waals surface area contributed by atoms with Crippen LogP contribution in [0.5, 0.6) is 0 Å². The Kier molecular flexibility index (Phi) is 7.90. The van der Waals surface area contributed by atoms with E-state index in [1.807, 2.05) is 30.3 Å². The average molecular weight is 369 g/mol. The van der Waals surface area contributed by atoms with E-state index in [9.17, 15) is 9.59 Å². The number of carbonyl (C=O) groups excluding carboxylic acids is 2. The van der Waals surface area contributed by atoms with Crippen LogP contribution in [0.25, 0.3) is 0 Å². The van der Waals surface area contributed by atoms with Crippen LogP contribution in [-0.4, -0.2) is 24.5 Å². The molecule has 1 aliphatic rings. The van der Waals surface area contributed by atoms with Crippen molar-refractivity contribution in [2.75, 3.05) is 7.11 Å². The summed E-state index contributed by atoms with van der Waals surface area (Å²) in [4.78, 5) is 25.1. The Morgan fingerprint density at radius 1 is 1.24 bits per heavy atom.